The van der Waals surface area contributed by atoms with Gasteiger partial charge in [0.25, 0.3) is 0 Å². The van der Waals surface area contributed by atoms with Crippen molar-refractivity contribution >= 4 is 31.3 Å². The van der Waals surface area contributed by atoms with E-state index in [1.807, 2.05) is 6.07 Å². The number of esters is 1. The highest BCUT2D eigenvalue weighted by Gasteiger charge is 2.37. The van der Waals surface area contributed by atoms with Crippen molar-refractivity contribution in [2.45, 2.75) is 71.2 Å². The second-order valence-electron chi connectivity index (χ2n) is 9.75. The number of aromatic nitrogens is 1. The van der Waals surface area contributed by atoms with E-state index in [1.165, 1.54) is 17.9 Å². The smallest absolute Gasteiger partial charge is 0.302 e. The molecule has 0 fully saturated rings. The summed E-state index contributed by atoms with van der Waals surface area (Å²) in [5, 5.41) is 1.42. The zero-order valence-corrected chi connectivity index (χ0v) is 19.7. The van der Waals surface area contributed by atoms with Crippen LogP contribution in [-0.2, 0) is 20.4 Å². The summed E-state index contributed by atoms with van der Waals surface area (Å²) in [6.45, 7) is 13.6. The standard InChI is InChI=1S/C24H35NO3Si/c1-17(26)28-19-15-18(13-14-27-29(5,6)24(2,3)4)11-12-23-21(16-19)20-9-7-8-10-22(20)25-23/h7-12,18-19,25H,13-16H2,1-6H3/b12-11-/t18-,19?/m1/s1. The predicted molar refractivity (Wildman–Crippen MR) is 122 cm³/mol. The van der Waals surface area contributed by atoms with Gasteiger partial charge in [0.2, 0.25) is 0 Å². The minimum Gasteiger partial charge on any atom is -0.462 e. The van der Waals surface area contributed by atoms with Crippen LogP contribution in [0.4, 0.5) is 0 Å². The number of carbonyl (C=O) groups excluding carboxylic acids is 1. The first-order valence-corrected chi connectivity index (χ1v) is 13.6. The van der Waals surface area contributed by atoms with E-state index in [0.29, 0.717) is 5.92 Å². The summed E-state index contributed by atoms with van der Waals surface area (Å²) in [6, 6.07) is 8.33. The molecule has 1 heterocycles. The molecule has 2 aromatic rings. The van der Waals surface area contributed by atoms with E-state index in [-0.39, 0.29) is 17.1 Å². The molecule has 3 rings (SSSR count). The summed E-state index contributed by atoms with van der Waals surface area (Å²) >= 11 is 0. The van der Waals surface area contributed by atoms with E-state index in [1.54, 1.807) is 0 Å². The number of rotatable bonds is 5. The SMILES string of the molecule is CC(=O)OC1Cc2c([nH]c3ccccc23)/C=C\[C@H](CCO[Si](C)(C)C(C)(C)C)C1. The number of allylic oxidation sites excluding steroid dienone is 1. The third kappa shape index (κ3) is 5.20. The average Bonchev–Trinajstić information content (AvgIpc) is 2.93. The summed E-state index contributed by atoms with van der Waals surface area (Å²) in [7, 11) is -1.75. The molecule has 2 atom stereocenters. The fourth-order valence-electron chi connectivity index (χ4n) is 3.76. The lowest BCUT2D eigenvalue weighted by molar-refractivity contribution is -0.146. The summed E-state index contributed by atoms with van der Waals surface area (Å²) in [5.74, 6) is 0.112. The first kappa shape index (κ1) is 21.8. The number of H-pyrrole nitrogens is 1. The highest BCUT2D eigenvalue weighted by molar-refractivity contribution is 6.74. The summed E-state index contributed by atoms with van der Waals surface area (Å²) in [5.41, 5.74) is 3.49. The minimum atomic E-state index is -1.75. The molecule has 0 saturated heterocycles. The Morgan fingerprint density at radius 1 is 1.24 bits per heavy atom. The van der Waals surface area contributed by atoms with Crippen molar-refractivity contribution in [1.82, 2.24) is 4.98 Å². The van der Waals surface area contributed by atoms with Gasteiger partial charge in [-0.15, -0.1) is 0 Å². The van der Waals surface area contributed by atoms with Crippen LogP contribution < -0.4 is 0 Å². The maximum atomic E-state index is 11.7. The Hall–Kier alpha value is -1.85. The molecule has 158 valence electrons. The molecule has 0 bridgehead atoms. The maximum absolute atomic E-state index is 11.7. The molecule has 0 aliphatic heterocycles. The second-order valence-corrected chi connectivity index (χ2v) is 14.6. The van der Waals surface area contributed by atoms with Crippen LogP contribution in [0.5, 0.6) is 0 Å². The summed E-state index contributed by atoms with van der Waals surface area (Å²) in [6.07, 6.45) is 6.86. The van der Waals surface area contributed by atoms with Gasteiger partial charge in [0.05, 0.1) is 0 Å². The lowest BCUT2D eigenvalue weighted by atomic mass is 9.90. The van der Waals surface area contributed by atoms with Crippen LogP contribution in [-0.4, -0.2) is 32.0 Å². The molecule has 5 heteroatoms. The van der Waals surface area contributed by atoms with Crippen LogP contribution in [0.15, 0.2) is 30.3 Å². The highest BCUT2D eigenvalue weighted by atomic mass is 28.4. The fraction of sp³-hybridized carbons (Fsp3) is 0.542. The zero-order chi connectivity index (χ0) is 21.2. The number of fused-ring (bicyclic) bond motifs is 3. The fourth-order valence-corrected chi connectivity index (χ4v) is 4.82. The third-order valence-corrected chi connectivity index (χ3v) is 11.0. The first-order valence-electron chi connectivity index (χ1n) is 10.7. The van der Waals surface area contributed by atoms with Gasteiger partial charge in [-0.2, -0.15) is 0 Å². The largest absolute Gasteiger partial charge is 0.462 e. The molecule has 1 aliphatic rings. The van der Waals surface area contributed by atoms with Crippen molar-refractivity contribution in [2.75, 3.05) is 6.61 Å². The van der Waals surface area contributed by atoms with Gasteiger partial charge in [0.15, 0.2) is 8.32 Å². The van der Waals surface area contributed by atoms with Crippen molar-refractivity contribution in [1.29, 1.82) is 0 Å². The monoisotopic (exact) mass is 413 g/mol. The molecule has 1 unspecified atom stereocenters. The highest BCUT2D eigenvalue weighted by Crippen LogP contribution is 2.37. The Morgan fingerprint density at radius 2 is 1.97 bits per heavy atom. The van der Waals surface area contributed by atoms with Crippen LogP contribution in [0, 0.1) is 5.92 Å². The Morgan fingerprint density at radius 3 is 2.66 bits per heavy atom. The van der Waals surface area contributed by atoms with Gasteiger partial charge in [-0.25, -0.2) is 0 Å². The van der Waals surface area contributed by atoms with Crippen LogP contribution in [0.2, 0.25) is 18.1 Å². The number of hydrogen-bond donors (Lipinski definition) is 1. The van der Waals surface area contributed by atoms with Crippen LogP contribution in [0.25, 0.3) is 17.0 Å². The number of nitrogens with one attached hydrogen (secondary N) is 1. The quantitative estimate of drug-likeness (QED) is 0.477. The molecule has 29 heavy (non-hydrogen) atoms. The Bertz CT molecular complexity index is 891. The van der Waals surface area contributed by atoms with Gasteiger partial charge in [-0.3, -0.25) is 4.79 Å². The number of aromatic amines is 1. The van der Waals surface area contributed by atoms with E-state index in [4.69, 9.17) is 9.16 Å². The van der Waals surface area contributed by atoms with Gasteiger partial charge in [-0.1, -0.05) is 45.0 Å². The number of carbonyl (C=O) groups is 1. The third-order valence-electron chi connectivity index (χ3n) is 6.47. The number of benzene rings is 1. The lowest BCUT2D eigenvalue weighted by Gasteiger charge is -2.36. The van der Waals surface area contributed by atoms with Crippen molar-refractivity contribution in [2.24, 2.45) is 5.92 Å². The molecule has 0 spiro atoms. The van der Waals surface area contributed by atoms with Crippen molar-refractivity contribution < 1.29 is 14.0 Å². The number of ether oxygens (including phenoxy) is 1. The molecule has 0 radical (unpaired) electrons. The van der Waals surface area contributed by atoms with E-state index in [0.717, 1.165) is 37.1 Å². The van der Waals surface area contributed by atoms with Crippen LogP contribution in [0.3, 0.4) is 0 Å². The van der Waals surface area contributed by atoms with Crippen molar-refractivity contribution in [3.05, 3.63) is 41.6 Å². The Kier molecular flexibility index (Phi) is 6.39. The molecule has 1 aliphatic carbocycles. The molecule has 1 N–H and O–H groups in total. The summed E-state index contributed by atoms with van der Waals surface area (Å²) < 4.78 is 12.1. The minimum absolute atomic E-state index is 0.117. The number of para-hydroxylation sites is 1. The molecular weight excluding hydrogens is 378 g/mol. The Labute approximate surface area is 175 Å². The summed E-state index contributed by atoms with van der Waals surface area (Å²) in [4.78, 5) is 15.2. The molecule has 0 amide bonds. The van der Waals surface area contributed by atoms with Crippen LogP contribution >= 0.6 is 0 Å². The van der Waals surface area contributed by atoms with Gasteiger partial charge in [-0.05, 0) is 54.6 Å². The predicted octanol–water partition coefficient (Wildman–Crippen LogP) is 6.09. The maximum Gasteiger partial charge on any atom is 0.302 e. The van der Waals surface area contributed by atoms with Gasteiger partial charge in [0.1, 0.15) is 6.10 Å². The zero-order valence-electron chi connectivity index (χ0n) is 18.7. The van der Waals surface area contributed by atoms with Gasteiger partial charge in [0, 0.05) is 36.5 Å². The molecule has 4 nitrogen and oxygen atoms in total. The van der Waals surface area contributed by atoms with E-state index < -0.39 is 8.32 Å². The van der Waals surface area contributed by atoms with E-state index >= 15 is 0 Å². The second kappa shape index (κ2) is 8.48. The van der Waals surface area contributed by atoms with Gasteiger partial charge >= 0.3 is 5.97 Å². The normalized spacial score (nSPS) is 21.3. The first-order chi connectivity index (χ1) is 13.6. The van der Waals surface area contributed by atoms with Gasteiger partial charge < -0.3 is 14.1 Å². The number of hydrogen-bond acceptors (Lipinski definition) is 3. The molecule has 1 aromatic heterocycles. The van der Waals surface area contributed by atoms with E-state index in [2.05, 4.69) is 69.2 Å². The average molecular weight is 414 g/mol. The molecule has 0 saturated carbocycles. The topological polar surface area (TPSA) is 51.3 Å². The molecule has 1 aromatic carbocycles. The Balaban J connectivity index is 1.79. The molecular formula is C24H35NO3Si. The lowest BCUT2D eigenvalue weighted by Crippen LogP contribution is -2.41. The van der Waals surface area contributed by atoms with Crippen LogP contribution in [0.1, 0.15) is 51.8 Å². The van der Waals surface area contributed by atoms with Crippen molar-refractivity contribution in [3.8, 4) is 0 Å². The van der Waals surface area contributed by atoms with Crippen molar-refractivity contribution in [3.63, 3.8) is 0 Å². The van der Waals surface area contributed by atoms with E-state index in [9.17, 15) is 4.79 Å².